The van der Waals surface area contributed by atoms with Crippen molar-refractivity contribution in [1.29, 1.82) is 0 Å². The highest BCUT2D eigenvalue weighted by atomic mass is 32.2. The third kappa shape index (κ3) is 6.90. The van der Waals surface area contributed by atoms with Crippen LogP contribution in [0.1, 0.15) is 30.6 Å². The monoisotopic (exact) mass is 448 g/mol. The summed E-state index contributed by atoms with van der Waals surface area (Å²) in [6, 6.07) is 13.3. The van der Waals surface area contributed by atoms with E-state index in [1.807, 2.05) is 18.6 Å². The van der Waals surface area contributed by atoms with Crippen molar-refractivity contribution in [3.63, 3.8) is 0 Å². The van der Waals surface area contributed by atoms with Crippen LogP contribution in [0.25, 0.3) is 0 Å². The standard InChI is InChI=1S/C20H24N4O4S2/c1-13(2)11-17(21)19(26)24-30(27,28)16-10-6-9-15(12-16)22-20(29)23-18(25)14-7-4-3-5-8-14/h3-10,12-13,17H,11,21H2,1-2H3,(H,24,26)(H2,22,23,25,29)/t17-/m0/s1. The van der Waals surface area contributed by atoms with Gasteiger partial charge < -0.3 is 11.1 Å². The summed E-state index contributed by atoms with van der Waals surface area (Å²) >= 11 is 5.11. The minimum atomic E-state index is -4.11. The maximum atomic E-state index is 12.5. The zero-order valence-electron chi connectivity index (χ0n) is 16.6. The number of carbonyl (C=O) groups excluding carboxylic acids is 2. The second-order valence-corrected chi connectivity index (χ2v) is 9.10. The Morgan fingerprint density at radius 1 is 1.07 bits per heavy atom. The molecular formula is C20H24N4O4S2. The molecule has 1 atom stereocenters. The maximum Gasteiger partial charge on any atom is 0.264 e. The third-order valence-electron chi connectivity index (χ3n) is 3.96. The lowest BCUT2D eigenvalue weighted by Gasteiger charge is -2.15. The number of rotatable bonds is 7. The molecule has 0 unspecified atom stereocenters. The van der Waals surface area contributed by atoms with Crippen molar-refractivity contribution in [3.8, 4) is 0 Å². The number of thiocarbonyl (C=S) groups is 1. The first-order valence-electron chi connectivity index (χ1n) is 9.18. The van der Waals surface area contributed by atoms with E-state index in [2.05, 4.69) is 10.6 Å². The van der Waals surface area contributed by atoms with Gasteiger partial charge in [0.05, 0.1) is 10.9 Å². The van der Waals surface area contributed by atoms with Crippen molar-refractivity contribution in [3.05, 3.63) is 60.2 Å². The summed E-state index contributed by atoms with van der Waals surface area (Å²) < 4.78 is 27.0. The summed E-state index contributed by atoms with van der Waals surface area (Å²) in [6.45, 7) is 3.77. The summed E-state index contributed by atoms with van der Waals surface area (Å²) in [6.07, 6.45) is 0.359. The molecule has 10 heteroatoms. The Hall–Kier alpha value is -2.82. The Morgan fingerprint density at radius 2 is 1.73 bits per heavy atom. The van der Waals surface area contributed by atoms with E-state index in [9.17, 15) is 18.0 Å². The maximum absolute atomic E-state index is 12.5. The highest BCUT2D eigenvalue weighted by molar-refractivity contribution is 7.90. The Labute approximate surface area is 181 Å². The van der Waals surface area contributed by atoms with Gasteiger partial charge in [0.15, 0.2) is 5.11 Å². The van der Waals surface area contributed by atoms with Gasteiger partial charge in [0.25, 0.3) is 21.8 Å². The van der Waals surface area contributed by atoms with Crippen molar-refractivity contribution < 1.29 is 18.0 Å². The first-order valence-corrected chi connectivity index (χ1v) is 11.1. The van der Waals surface area contributed by atoms with Gasteiger partial charge in [0.1, 0.15) is 0 Å². The molecule has 2 amide bonds. The molecule has 2 aromatic carbocycles. The summed E-state index contributed by atoms with van der Waals surface area (Å²) in [5, 5.41) is 5.27. The number of anilines is 1. The van der Waals surface area contributed by atoms with Crippen LogP contribution in [0.15, 0.2) is 59.5 Å². The molecule has 160 valence electrons. The molecule has 5 N–H and O–H groups in total. The molecule has 8 nitrogen and oxygen atoms in total. The van der Waals surface area contributed by atoms with Gasteiger partial charge >= 0.3 is 0 Å². The van der Waals surface area contributed by atoms with Crippen LogP contribution in [0, 0.1) is 5.92 Å². The van der Waals surface area contributed by atoms with Crippen LogP contribution in [-0.4, -0.2) is 31.4 Å². The lowest BCUT2D eigenvalue weighted by Crippen LogP contribution is -2.44. The second kappa shape index (κ2) is 10.3. The van der Waals surface area contributed by atoms with Gasteiger partial charge in [-0.15, -0.1) is 0 Å². The van der Waals surface area contributed by atoms with Gasteiger partial charge in [-0.2, -0.15) is 0 Å². The van der Waals surface area contributed by atoms with E-state index in [0.717, 1.165) is 0 Å². The van der Waals surface area contributed by atoms with Gasteiger partial charge in [-0.3, -0.25) is 14.9 Å². The van der Waals surface area contributed by atoms with Crippen LogP contribution in [0.4, 0.5) is 5.69 Å². The number of hydrogen-bond donors (Lipinski definition) is 4. The van der Waals surface area contributed by atoms with Crippen LogP contribution in [0.5, 0.6) is 0 Å². The van der Waals surface area contributed by atoms with Crippen molar-refractivity contribution in [2.75, 3.05) is 5.32 Å². The molecule has 2 rings (SSSR count). The Kier molecular flexibility index (Phi) is 8.04. The highest BCUT2D eigenvalue weighted by Gasteiger charge is 2.23. The topological polar surface area (TPSA) is 130 Å². The number of sulfonamides is 1. The molecule has 0 aliphatic carbocycles. The normalized spacial score (nSPS) is 12.1. The molecule has 0 aliphatic rings. The zero-order valence-corrected chi connectivity index (χ0v) is 18.2. The molecule has 0 saturated carbocycles. The SMILES string of the molecule is CC(C)C[C@H](N)C(=O)NS(=O)(=O)c1cccc(NC(=S)NC(=O)c2ccccc2)c1. The number of hydrogen-bond acceptors (Lipinski definition) is 6. The van der Waals surface area contributed by atoms with Crippen LogP contribution in [0.2, 0.25) is 0 Å². The van der Waals surface area contributed by atoms with Crippen LogP contribution >= 0.6 is 12.2 Å². The average Bonchev–Trinajstić information content (AvgIpc) is 2.68. The Bertz CT molecular complexity index is 1020. The zero-order chi connectivity index (χ0) is 22.3. The van der Waals surface area contributed by atoms with E-state index >= 15 is 0 Å². The van der Waals surface area contributed by atoms with E-state index in [0.29, 0.717) is 17.7 Å². The van der Waals surface area contributed by atoms with E-state index in [1.54, 1.807) is 36.4 Å². The van der Waals surface area contributed by atoms with E-state index in [1.165, 1.54) is 18.2 Å². The van der Waals surface area contributed by atoms with Crippen molar-refractivity contribution in [2.45, 2.75) is 31.2 Å². The van der Waals surface area contributed by atoms with Crippen molar-refractivity contribution in [2.24, 2.45) is 11.7 Å². The Morgan fingerprint density at radius 3 is 2.37 bits per heavy atom. The first kappa shape index (κ1) is 23.5. The minimum Gasteiger partial charge on any atom is -0.332 e. The fourth-order valence-corrected chi connectivity index (χ4v) is 3.83. The lowest BCUT2D eigenvalue weighted by atomic mass is 10.0. The molecule has 0 saturated heterocycles. The predicted molar refractivity (Wildman–Crippen MR) is 119 cm³/mol. The highest BCUT2D eigenvalue weighted by Crippen LogP contribution is 2.16. The van der Waals surface area contributed by atoms with Gasteiger partial charge in [-0.25, -0.2) is 13.1 Å². The summed E-state index contributed by atoms with van der Waals surface area (Å²) in [5.74, 6) is -1.02. The largest absolute Gasteiger partial charge is 0.332 e. The van der Waals surface area contributed by atoms with Crippen LogP contribution in [-0.2, 0) is 14.8 Å². The molecule has 2 aromatic rings. The predicted octanol–water partition coefficient (Wildman–Crippen LogP) is 1.99. The van der Waals surface area contributed by atoms with Crippen LogP contribution < -0.4 is 21.1 Å². The quantitative estimate of drug-likeness (QED) is 0.477. The number of benzene rings is 2. The number of nitrogens with one attached hydrogen (secondary N) is 3. The number of nitrogens with two attached hydrogens (primary N) is 1. The lowest BCUT2D eigenvalue weighted by molar-refractivity contribution is -0.120. The van der Waals surface area contributed by atoms with Gasteiger partial charge in [0.2, 0.25) is 0 Å². The molecule has 30 heavy (non-hydrogen) atoms. The fourth-order valence-electron chi connectivity index (χ4n) is 2.55. The van der Waals surface area contributed by atoms with E-state index in [-0.39, 0.29) is 15.9 Å². The fraction of sp³-hybridized carbons (Fsp3) is 0.250. The average molecular weight is 449 g/mol. The van der Waals surface area contributed by atoms with E-state index < -0.39 is 27.9 Å². The first-order chi connectivity index (χ1) is 14.1. The molecule has 0 bridgehead atoms. The number of amides is 2. The number of carbonyl (C=O) groups is 2. The van der Waals surface area contributed by atoms with Gasteiger partial charge in [-0.1, -0.05) is 38.1 Å². The van der Waals surface area contributed by atoms with Crippen LogP contribution in [0.3, 0.4) is 0 Å². The van der Waals surface area contributed by atoms with Gasteiger partial charge in [-0.05, 0) is 54.9 Å². The molecule has 0 aliphatic heterocycles. The molecule has 0 fully saturated rings. The van der Waals surface area contributed by atoms with Crippen molar-refractivity contribution in [1.82, 2.24) is 10.0 Å². The molecule has 0 radical (unpaired) electrons. The molecular weight excluding hydrogens is 424 g/mol. The molecule has 0 aromatic heterocycles. The summed E-state index contributed by atoms with van der Waals surface area (Å²) in [7, 11) is -4.11. The van der Waals surface area contributed by atoms with E-state index in [4.69, 9.17) is 18.0 Å². The smallest absolute Gasteiger partial charge is 0.264 e. The molecule has 0 spiro atoms. The minimum absolute atomic E-state index is 0.00129. The van der Waals surface area contributed by atoms with Gasteiger partial charge in [0, 0.05) is 11.3 Å². The second-order valence-electron chi connectivity index (χ2n) is 7.01. The summed E-state index contributed by atoms with van der Waals surface area (Å²) in [5.41, 5.74) is 6.51. The Balaban J connectivity index is 2.05. The third-order valence-corrected chi connectivity index (χ3v) is 5.51. The van der Waals surface area contributed by atoms with Crippen molar-refractivity contribution >= 4 is 44.9 Å². The summed E-state index contributed by atoms with van der Waals surface area (Å²) in [4.78, 5) is 24.1. The molecule has 0 heterocycles.